The minimum absolute atomic E-state index is 0.161. The maximum absolute atomic E-state index is 10.6. The molecule has 0 aliphatic heterocycles. The molecule has 0 fully saturated rings. The lowest BCUT2D eigenvalue weighted by molar-refractivity contribution is 0.0696. The monoisotopic (exact) mass is 173 g/mol. The number of carboxylic acids is 1. The zero-order valence-electron chi connectivity index (χ0n) is 6.82. The number of carbonyl (C=O) groups is 1. The molecule has 0 unspecified atom stereocenters. The van der Waals surface area contributed by atoms with Crippen LogP contribution in [-0.2, 0) is 0 Å². The van der Waals surface area contributed by atoms with Gasteiger partial charge in [0.25, 0.3) is 0 Å². The lowest BCUT2D eigenvalue weighted by Gasteiger charge is -1.99. The van der Waals surface area contributed by atoms with E-state index >= 15 is 0 Å². The van der Waals surface area contributed by atoms with Crippen LogP contribution in [0.3, 0.4) is 0 Å². The van der Waals surface area contributed by atoms with E-state index in [2.05, 4.69) is 6.58 Å². The molecule has 0 aromatic heterocycles. The summed E-state index contributed by atoms with van der Waals surface area (Å²) in [7, 11) is 0. The Morgan fingerprint density at radius 1 is 1.62 bits per heavy atom. The van der Waals surface area contributed by atoms with Crippen LogP contribution in [0, 0.1) is 11.3 Å². The van der Waals surface area contributed by atoms with Gasteiger partial charge in [0.1, 0.15) is 0 Å². The highest BCUT2D eigenvalue weighted by Gasteiger charge is 2.07. The van der Waals surface area contributed by atoms with Crippen molar-refractivity contribution in [2.45, 2.75) is 0 Å². The van der Waals surface area contributed by atoms with Gasteiger partial charge in [-0.15, -0.1) is 0 Å². The fraction of sp³-hybridized carbons (Fsp3) is 0. The smallest absolute Gasteiger partial charge is 0.336 e. The molecule has 0 saturated carbocycles. The van der Waals surface area contributed by atoms with Gasteiger partial charge in [0.2, 0.25) is 0 Å². The standard InChI is InChI=1S/C10H7NO2/c1-2-8-5-7(6-11)3-4-9(8)10(12)13/h2-5H,1H2,(H,12,13). The summed E-state index contributed by atoms with van der Waals surface area (Å²) in [6.45, 7) is 3.48. The van der Waals surface area contributed by atoms with Gasteiger partial charge in [-0.25, -0.2) is 4.79 Å². The number of aromatic carboxylic acids is 1. The normalized spacial score (nSPS) is 8.85. The first-order valence-electron chi connectivity index (χ1n) is 3.59. The maximum atomic E-state index is 10.6. The van der Waals surface area contributed by atoms with Crippen LogP contribution < -0.4 is 0 Å². The van der Waals surface area contributed by atoms with Gasteiger partial charge in [0.05, 0.1) is 17.2 Å². The van der Waals surface area contributed by atoms with Crippen LogP contribution in [0.2, 0.25) is 0 Å². The number of rotatable bonds is 2. The lowest BCUT2D eigenvalue weighted by Crippen LogP contribution is -1.99. The van der Waals surface area contributed by atoms with E-state index in [-0.39, 0.29) is 5.56 Å². The number of carboxylic acid groups (broad SMARTS) is 1. The average molecular weight is 173 g/mol. The Balaban J connectivity index is 3.33. The second kappa shape index (κ2) is 3.55. The van der Waals surface area contributed by atoms with Crippen molar-refractivity contribution in [3.63, 3.8) is 0 Å². The van der Waals surface area contributed by atoms with E-state index in [0.717, 1.165) is 0 Å². The van der Waals surface area contributed by atoms with Gasteiger partial charge in [0, 0.05) is 0 Å². The summed E-state index contributed by atoms with van der Waals surface area (Å²) in [5.74, 6) is -1.01. The number of hydrogen-bond donors (Lipinski definition) is 1. The Morgan fingerprint density at radius 3 is 2.77 bits per heavy atom. The molecule has 1 aromatic rings. The van der Waals surface area contributed by atoms with Crippen molar-refractivity contribution in [1.82, 2.24) is 0 Å². The highest BCUT2D eigenvalue weighted by molar-refractivity contribution is 5.92. The zero-order valence-corrected chi connectivity index (χ0v) is 6.82. The molecule has 0 atom stereocenters. The molecule has 64 valence electrons. The van der Waals surface area contributed by atoms with E-state index in [1.165, 1.54) is 24.3 Å². The summed E-state index contributed by atoms with van der Waals surface area (Å²) in [6, 6.07) is 6.29. The van der Waals surface area contributed by atoms with Gasteiger partial charge in [-0.2, -0.15) is 5.26 Å². The highest BCUT2D eigenvalue weighted by atomic mass is 16.4. The Morgan fingerprint density at radius 2 is 2.31 bits per heavy atom. The Hall–Kier alpha value is -2.08. The molecule has 0 saturated heterocycles. The minimum Gasteiger partial charge on any atom is -0.478 e. The molecule has 0 radical (unpaired) electrons. The first kappa shape index (κ1) is 9.01. The summed E-state index contributed by atoms with van der Waals surface area (Å²) in [5.41, 5.74) is 1.06. The third-order valence-electron chi connectivity index (χ3n) is 1.63. The number of nitriles is 1. The summed E-state index contributed by atoms with van der Waals surface area (Å²) in [6.07, 6.45) is 1.42. The Bertz CT molecular complexity index is 402. The van der Waals surface area contributed by atoms with E-state index in [9.17, 15) is 4.79 Å². The van der Waals surface area contributed by atoms with Crippen molar-refractivity contribution in [2.24, 2.45) is 0 Å². The van der Waals surface area contributed by atoms with Gasteiger partial charge < -0.3 is 5.11 Å². The molecule has 3 heteroatoms. The topological polar surface area (TPSA) is 61.1 Å². The van der Waals surface area contributed by atoms with Crippen molar-refractivity contribution < 1.29 is 9.90 Å². The predicted molar refractivity (Wildman–Crippen MR) is 48.2 cm³/mol. The number of benzene rings is 1. The van der Waals surface area contributed by atoms with E-state index in [0.29, 0.717) is 11.1 Å². The van der Waals surface area contributed by atoms with Crippen LogP contribution >= 0.6 is 0 Å². The lowest BCUT2D eigenvalue weighted by atomic mass is 10.0. The first-order valence-corrected chi connectivity index (χ1v) is 3.59. The molecule has 13 heavy (non-hydrogen) atoms. The van der Waals surface area contributed by atoms with Crippen molar-refractivity contribution in [2.75, 3.05) is 0 Å². The summed E-state index contributed by atoms with van der Waals surface area (Å²) < 4.78 is 0. The quantitative estimate of drug-likeness (QED) is 0.742. The van der Waals surface area contributed by atoms with Crippen LogP contribution in [0.25, 0.3) is 6.08 Å². The van der Waals surface area contributed by atoms with Gasteiger partial charge in [0.15, 0.2) is 0 Å². The molecule has 0 spiro atoms. The minimum atomic E-state index is -1.01. The molecule has 1 N–H and O–H groups in total. The molecule has 0 aliphatic carbocycles. The fourth-order valence-corrected chi connectivity index (χ4v) is 0.996. The maximum Gasteiger partial charge on any atom is 0.336 e. The number of hydrogen-bond acceptors (Lipinski definition) is 2. The van der Waals surface area contributed by atoms with Crippen LogP contribution in [0.5, 0.6) is 0 Å². The molecule has 0 bridgehead atoms. The second-order valence-corrected chi connectivity index (χ2v) is 2.42. The largest absolute Gasteiger partial charge is 0.478 e. The molecule has 0 amide bonds. The third-order valence-corrected chi connectivity index (χ3v) is 1.63. The molecule has 0 aliphatic rings. The van der Waals surface area contributed by atoms with E-state index in [1.807, 2.05) is 6.07 Å². The average Bonchev–Trinajstić information content (AvgIpc) is 2.16. The second-order valence-electron chi connectivity index (χ2n) is 2.42. The Kier molecular flexibility index (Phi) is 2.46. The summed E-state index contributed by atoms with van der Waals surface area (Å²) in [5, 5.41) is 17.3. The first-order chi connectivity index (χ1) is 6.19. The third kappa shape index (κ3) is 1.74. The van der Waals surface area contributed by atoms with Crippen LogP contribution in [-0.4, -0.2) is 11.1 Å². The highest BCUT2D eigenvalue weighted by Crippen LogP contribution is 2.12. The number of nitrogens with zero attached hydrogens (tertiary/aromatic N) is 1. The Labute approximate surface area is 75.5 Å². The van der Waals surface area contributed by atoms with Crippen LogP contribution in [0.1, 0.15) is 21.5 Å². The van der Waals surface area contributed by atoms with E-state index in [4.69, 9.17) is 10.4 Å². The van der Waals surface area contributed by atoms with Crippen LogP contribution in [0.15, 0.2) is 24.8 Å². The van der Waals surface area contributed by atoms with Gasteiger partial charge in [-0.05, 0) is 23.8 Å². The molecule has 0 heterocycles. The summed E-state index contributed by atoms with van der Waals surface area (Å²) >= 11 is 0. The molecule has 3 nitrogen and oxygen atoms in total. The molecule has 1 aromatic carbocycles. The van der Waals surface area contributed by atoms with Gasteiger partial charge in [-0.3, -0.25) is 0 Å². The van der Waals surface area contributed by atoms with Gasteiger partial charge in [-0.1, -0.05) is 12.7 Å². The van der Waals surface area contributed by atoms with Crippen molar-refractivity contribution in [1.29, 1.82) is 5.26 Å². The fourth-order valence-electron chi connectivity index (χ4n) is 0.996. The van der Waals surface area contributed by atoms with E-state index in [1.54, 1.807) is 0 Å². The van der Waals surface area contributed by atoms with Crippen molar-refractivity contribution in [3.8, 4) is 6.07 Å². The van der Waals surface area contributed by atoms with Crippen LogP contribution in [0.4, 0.5) is 0 Å². The molecular formula is C10H7NO2. The van der Waals surface area contributed by atoms with E-state index < -0.39 is 5.97 Å². The van der Waals surface area contributed by atoms with Crippen molar-refractivity contribution in [3.05, 3.63) is 41.5 Å². The molecular weight excluding hydrogens is 166 g/mol. The zero-order chi connectivity index (χ0) is 9.84. The van der Waals surface area contributed by atoms with Gasteiger partial charge >= 0.3 is 5.97 Å². The summed E-state index contributed by atoms with van der Waals surface area (Å²) in [4.78, 5) is 10.6. The molecule has 1 rings (SSSR count). The van der Waals surface area contributed by atoms with Crippen molar-refractivity contribution >= 4 is 12.0 Å². The SMILES string of the molecule is C=Cc1cc(C#N)ccc1C(=O)O. The predicted octanol–water partition coefficient (Wildman–Crippen LogP) is 1.90.